The minimum Gasteiger partial charge on any atom is -0.495 e. The van der Waals surface area contributed by atoms with Crippen molar-refractivity contribution in [3.8, 4) is 5.75 Å². The van der Waals surface area contributed by atoms with Crippen LogP contribution < -0.4 is 9.46 Å². The van der Waals surface area contributed by atoms with E-state index in [-0.39, 0.29) is 17.0 Å². The number of carbonyl (C=O) groups is 1. The highest BCUT2D eigenvalue weighted by Gasteiger charge is 2.19. The zero-order valence-electron chi connectivity index (χ0n) is 13.7. The molecule has 0 saturated heterocycles. The summed E-state index contributed by atoms with van der Waals surface area (Å²) in [6.07, 6.45) is 0. The first kappa shape index (κ1) is 17.8. The maximum atomic E-state index is 12.4. The third-order valence-corrected chi connectivity index (χ3v) is 4.66. The summed E-state index contributed by atoms with van der Waals surface area (Å²) in [6, 6.07) is 11.8. The van der Waals surface area contributed by atoms with E-state index in [9.17, 15) is 13.2 Å². The maximum Gasteiger partial charge on any atom is 0.338 e. The van der Waals surface area contributed by atoms with Gasteiger partial charge in [0, 0.05) is 0 Å². The van der Waals surface area contributed by atoms with Crippen molar-refractivity contribution in [2.24, 2.45) is 0 Å². The highest BCUT2D eigenvalue weighted by atomic mass is 32.2. The fourth-order valence-electron chi connectivity index (χ4n) is 2.26. The number of hydrogen-bond acceptors (Lipinski definition) is 5. The average molecular weight is 349 g/mol. The van der Waals surface area contributed by atoms with Crippen LogP contribution in [0, 0.1) is 6.92 Å². The summed E-state index contributed by atoms with van der Waals surface area (Å²) < 4.78 is 37.2. The molecule has 0 spiro atoms. The molecule has 0 saturated carbocycles. The molecule has 0 heterocycles. The van der Waals surface area contributed by atoms with Crippen molar-refractivity contribution < 1.29 is 22.7 Å². The Morgan fingerprint density at radius 1 is 1.12 bits per heavy atom. The third-order valence-electron chi connectivity index (χ3n) is 3.42. The fourth-order valence-corrected chi connectivity index (χ4v) is 3.46. The lowest BCUT2D eigenvalue weighted by Crippen LogP contribution is -2.16. The first-order valence-corrected chi connectivity index (χ1v) is 8.83. The summed E-state index contributed by atoms with van der Waals surface area (Å²) in [5, 5.41) is 0. The molecule has 6 nitrogen and oxygen atoms in total. The van der Waals surface area contributed by atoms with E-state index in [4.69, 9.17) is 9.47 Å². The molecule has 0 aromatic heterocycles. The summed E-state index contributed by atoms with van der Waals surface area (Å²) in [4.78, 5) is 11.8. The molecule has 0 amide bonds. The summed E-state index contributed by atoms with van der Waals surface area (Å²) in [6.45, 7) is 1.72. The normalized spacial score (nSPS) is 11.0. The van der Waals surface area contributed by atoms with Crippen molar-refractivity contribution in [1.29, 1.82) is 0 Å². The van der Waals surface area contributed by atoms with E-state index in [0.29, 0.717) is 16.9 Å². The number of rotatable bonds is 6. The molecule has 1 N–H and O–H groups in total. The lowest BCUT2D eigenvalue weighted by Gasteiger charge is -2.14. The summed E-state index contributed by atoms with van der Waals surface area (Å²) >= 11 is 0. The summed E-state index contributed by atoms with van der Waals surface area (Å²) in [7, 11) is -0.963. The highest BCUT2D eigenvalue weighted by molar-refractivity contribution is 7.91. The van der Waals surface area contributed by atoms with Gasteiger partial charge in [0.15, 0.2) is 0 Å². The van der Waals surface area contributed by atoms with Crippen LogP contribution in [0.3, 0.4) is 0 Å². The molecular formula is C17H19NO5S. The molecule has 2 aromatic rings. The van der Waals surface area contributed by atoms with Crippen molar-refractivity contribution in [3.63, 3.8) is 0 Å². The molecule has 2 rings (SSSR count). The number of esters is 1. The summed E-state index contributed by atoms with van der Waals surface area (Å²) in [5.41, 5.74) is 1.75. The zero-order chi connectivity index (χ0) is 17.7. The molecule has 0 atom stereocenters. The number of ether oxygens (including phenoxy) is 2. The van der Waals surface area contributed by atoms with Crippen LogP contribution in [0.25, 0.3) is 0 Å². The quantitative estimate of drug-likeness (QED) is 0.811. The van der Waals surface area contributed by atoms with E-state index < -0.39 is 16.0 Å². The van der Waals surface area contributed by atoms with Gasteiger partial charge in [0.2, 0.25) is 10.0 Å². The first-order valence-electron chi connectivity index (χ1n) is 7.17. The number of benzene rings is 2. The molecule has 0 fully saturated rings. The van der Waals surface area contributed by atoms with E-state index in [1.165, 1.54) is 20.3 Å². The highest BCUT2D eigenvalue weighted by Crippen LogP contribution is 2.30. The van der Waals surface area contributed by atoms with Gasteiger partial charge in [0.1, 0.15) is 5.75 Å². The maximum absolute atomic E-state index is 12.4. The minimum atomic E-state index is -3.66. The number of carbonyl (C=O) groups excluding carboxylic acids is 1. The number of anilines is 1. The Morgan fingerprint density at radius 2 is 1.79 bits per heavy atom. The molecule has 0 unspecified atom stereocenters. The van der Waals surface area contributed by atoms with Crippen LogP contribution in [0.5, 0.6) is 5.75 Å². The van der Waals surface area contributed by atoms with Crippen LogP contribution in [0.15, 0.2) is 42.5 Å². The van der Waals surface area contributed by atoms with Crippen molar-refractivity contribution in [2.75, 3.05) is 18.9 Å². The van der Waals surface area contributed by atoms with Gasteiger partial charge in [-0.2, -0.15) is 0 Å². The van der Waals surface area contributed by atoms with Crippen LogP contribution in [0.2, 0.25) is 0 Å². The predicted octanol–water partition coefficient (Wildman–Crippen LogP) is 2.73. The van der Waals surface area contributed by atoms with Crippen LogP contribution in [0.4, 0.5) is 5.69 Å². The SMILES string of the molecule is COC(=O)c1cc(NS(=O)(=O)Cc2ccccc2)c(OC)cc1C. The third kappa shape index (κ3) is 4.26. The van der Waals surface area contributed by atoms with Gasteiger partial charge in [-0.3, -0.25) is 4.72 Å². The van der Waals surface area contributed by atoms with Crippen LogP contribution >= 0.6 is 0 Å². The Balaban J connectivity index is 2.35. The van der Waals surface area contributed by atoms with Crippen molar-refractivity contribution in [2.45, 2.75) is 12.7 Å². The fraction of sp³-hybridized carbons (Fsp3) is 0.235. The van der Waals surface area contributed by atoms with Crippen LogP contribution in [0.1, 0.15) is 21.5 Å². The zero-order valence-corrected chi connectivity index (χ0v) is 14.5. The van der Waals surface area contributed by atoms with Crippen molar-refractivity contribution in [1.82, 2.24) is 0 Å². The molecule has 128 valence electrons. The van der Waals surface area contributed by atoms with Gasteiger partial charge in [-0.1, -0.05) is 30.3 Å². The van der Waals surface area contributed by atoms with E-state index in [1.807, 2.05) is 6.07 Å². The minimum absolute atomic E-state index is 0.182. The number of aryl methyl sites for hydroxylation is 1. The smallest absolute Gasteiger partial charge is 0.338 e. The Hall–Kier alpha value is -2.54. The van der Waals surface area contributed by atoms with Gasteiger partial charge in [-0.05, 0) is 30.2 Å². The second kappa shape index (κ2) is 7.35. The largest absolute Gasteiger partial charge is 0.495 e. The Labute approximate surface area is 141 Å². The number of methoxy groups -OCH3 is 2. The Morgan fingerprint density at radius 3 is 2.38 bits per heavy atom. The van der Waals surface area contributed by atoms with Gasteiger partial charge in [-0.25, -0.2) is 13.2 Å². The van der Waals surface area contributed by atoms with Gasteiger partial charge < -0.3 is 9.47 Å². The molecule has 0 aliphatic heterocycles. The molecule has 0 aliphatic carbocycles. The molecule has 0 bridgehead atoms. The standard InChI is InChI=1S/C17H19NO5S/c1-12-9-16(22-2)15(10-14(12)17(19)23-3)18-24(20,21)11-13-7-5-4-6-8-13/h4-10,18H,11H2,1-3H3. The van der Waals surface area contributed by atoms with Crippen LogP contribution in [-0.4, -0.2) is 28.6 Å². The molecule has 0 aliphatic rings. The first-order chi connectivity index (χ1) is 11.4. The lowest BCUT2D eigenvalue weighted by molar-refractivity contribution is 0.0600. The van der Waals surface area contributed by atoms with Gasteiger partial charge in [0.25, 0.3) is 0 Å². The monoisotopic (exact) mass is 349 g/mol. The van der Waals surface area contributed by atoms with Gasteiger partial charge in [-0.15, -0.1) is 0 Å². The number of nitrogens with one attached hydrogen (secondary N) is 1. The molecule has 24 heavy (non-hydrogen) atoms. The second-order valence-electron chi connectivity index (χ2n) is 5.21. The predicted molar refractivity (Wildman–Crippen MR) is 91.8 cm³/mol. The van der Waals surface area contributed by atoms with Gasteiger partial charge in [0.05, 0.1) is 31.2 Å². The van der Waals surface area contributed by atoms with E-state index in [1.54, 1.807) is 37.3 Å². The summed E-state index contributed by atoms with van der Waals surface area (Å²) in [5.74, 6) is -0.395. The second-order valence-corrected chi connectivity index (χ2v) is 6.93. The Kier molecular flexibility index (Phi) is 5.46. The number of sulfonamides is 1. The topological polar surface area (TPSA) is 81.7 Å². The van der Waals surface area contributed by atoms with Crippen molar-refractivity contribution in [3.05, 3.63) is 59.2 Å². The molecule has 0 radical (unpaired) electrons. The molecular weight excluding hydrogens is 330 g/mol. The molecule has 2 aromatic carbocycles. The van der Waals surface area contributed by atoms with E-state index >= 15 is 0 Å². The number of hydrogen-bond donors (Lipinski definition) is 1. The lowest BCUT2D eigenvalue weighted by atomic mass is 10.1. The molecule has 7 heteroatoms. The van der Waals surface area contributed by atoms with Gasteiger partial charge >= 0.3 is 5.97 Å². The van der Waals surface area contributed by atoms with E-state index in [0.717, 1.165) is 0 Å². The van der Waals surface area contributed by atoms with Crippen LogP contribution in [-0.2, 0) is 20.5 Å². The van der Waals surface area contributed by atoms with Crippen molar-refractivity contribution >= 4 is 21.7 Å². The Bertz CT molecular complexity index is 832. The van der Waals surface area contributed by atoms with E-state index in [2.05, 4.69) is 4.72 Å². The average Bonchev–Trinajstić information content (AvgIpc) is 2.55.